The summed E-state index contributed by atoms with van der Waals surface area (Å²) in [4.78, 5) is 9.94. The van der Waals surface area contributed by atoms with Crippen LogP contribution < -0.4 is 5.32 Å². The lowest BCUT2D eigenvalue weighted by atomic mass is 9.99. The van der Waals surface area contributed by atoms with Crippen LogP contribution in [0.5, 0.6) is 0 Å². The van der Waals surface area contributed by atoms with Crippen molar-refractivity contribution < 1.29 is 9.47 Å². The first-order chi connectivity index (χ1) is 14.2. The smallest absolute Gasteiger partial charge is 0.194 e. The number of fused-ring (bicyclic) bond motifs is 1. The van der Waals surface area contributed by atoms with Gasteiger partial charge in [0, 0.05) is 45.4 Å². The molecular formula is C23H36N4O2. The predicted octanol–water partition coefficient (Wildman–Crippen LogP) is 2.28. The molecule has 160 valence electrons. The number of hydrogen-bond donors (Lipinski definition) is 1. The first kappa shape index (κ1) is 20.6. The molecule has 0 spiro atoms. The minimum absolute atomic E-state index is 0.158. The van der Waals surface area contributed by atoms with Gasteiger partial charge in [-0.2, -0.15) is 0 Å². The fourth-order valence-corrected chi connectivity index (χ4v) is 4.64. The van der Waals surface area contributed by atoms with Crippen LogP contribution in [0.15, 0.2) is 29.3 Å². The van der Waals surface area contributed by atoms with Crippen molar-refractivity contribution in [2.75, 3.05) is 45.9 Å². The van der Waals surface area contributed by atoms with Gasteiger partial charge < -0.3 is 19.7 Å². The third-order valence-electron chi connectivity index (χ3n) is 6.40. The number of rotatable bonds is 5. The zero-order chi connectivity index (χ0) is 20.1. The zero-order valence-electron chi connectivity index (χ0n) is 18.0. The molecule has 0 aromatic heterocycles. The van der Waals surface area contributed by atoms with E-state index in [0.29, 0.717) is 6.04 Å². The molecule has 0 bridgehead atoms. The van der Waals surface area contributed by atoms with Crippen LogP contribution in [0, 0.1) is 0 Å². The normalized spacial score (nSPS) is 27.0. The minimum Gasteiger partial charge on any atom is -0.375 e. The van der Waals surface area contributed by atoms with E-state index in [9.17, 15) is 0 Å². The van der Waals surface area contributed by atoms with E-state index < -0.39 is 0 Å². The van der Waals surface area contributed by atoms with Crippen molar-refractivity contribution in [2.24, 2.45) is 4.99 Å². The van der Waals surface area contributed by atoms with Gasteiger partial charge in [-0.15, -0.1) is 0 Å². The molecule has 2 saturated heterocycles. The summed E-state index contributed by atoms with van der Waals surface area (Å²) < 4.78 is 11.9. The van der Waals surface area contributed by atoms with Gasteiger partial charge in [-0.1, -0.05) is 24.3 Å². The number of nitrogens with zero attached hydrogens (tertiary/aromatic N) is 3. The quantitative estimate of drug-likeness (QED) is 0.607. The van der Waals surface area contributed by atoms with Crippen LogP contribution in [0.1, 0.15) is 37.8 Å². The van der Waals surface area contributed by atoms with Gasteiger partial charge in [0.25, 0.3) is 0 Å². The van der Waals surface area contributed by atoms with Gasteiger partial charge >= 0.3 is 0 Å². The molecule has 0 saturated carbocycles. The summed E-state index contributed by atoms with van der Waals surface area (Å²) in [5.41, 5.74) is 2.97. The van der Waals surface area contributed by atoms with Crippen molar-refractivity contribution in [3.8, 4) is 0 Å². The van der Waals surface area contributed by atoms with E-state index in [1.165, 1.54) is 11.1 Å². The van der Waals surface area contributed by atoms with Gasteiger partial charge in [-0.25, -0.2) is 0 Å². The van der Waals surface area contributed by atoms with Gasteiger partial charge in [0.1, 0.15) is 6.10 Å². The third kappa shape index (κ3) is 5.11. The van der Waals surface area contributed by atoms with Gasteiger partial charge in [0.05, 0.1) is 19.3 Å². The van der Waals surface area contributed by atoms with Crippen molar-refractivity contribution in [1.29, 1.82) is 0 Å². The van der Waals surface area contributed by atoms with Crippen LogP contribution in [0.2, 0.25) is 0 Å². The minimum atomic E-state index is 0.158. The van der Waals surface area contributed by atoms with Gasteiger partial charge in [0.15, 0.2) is 5.96 Å². The van der Waals surface area contributed by atoms with Crippen molar-refractivity contribution >= 4 is 5.96 Å². The average Bonchev–Trinajstić information content (AvgIpc) is 3.31. The molecular weight excluding hydrogens is 364 g/mol. The molecule has 0 amide bonds. The number of guanidine groups is 1. The molecule has 3 atom stereocenters. The molecule has 1 N–H and O–H groups in total. The van der Waals surface area contributed by atoms with E-state index in [2.05, 4.69) is 53.2 Å². The lowest BCUT2D eigenvalue weighted by molar-refractivity contribution is -0.0817. The Kier molecular flexibility index (Phi) is 7.06. The molecule has 4 rings (SSSR count). The van der Waals surface area contributed by atoms with E-state index in [1.807, 2.05) is 0 Å². The molecule has 0 aliphatic carbocycles. The molecule has 3 aliphatic rings. The summed E-state index contributed by atoms with van der Waals surface area (Å²) in [5, 5.41) is 3.50. The number of morpholine rings is 1. The summed E-state index contributed by atoms with van der Waals surface area (Å²) in [7, 11) is 0. The second kappa shape index (κ2) is 9.92. The lowest BCUT2D eigenvalue weighted by Crippen LogP contribution is -2.53. The number of ether oxygens (including phenoxy) is 2. The largest absolute Gasteiger partial charge is 0.375 e. The van der Waals surface area contributed by atoms with E-state index in [-0.39, 0.29) is 12.2 Å². The van der Waals surface area contributed by atoms with Crippen LogP contribution in [-0.4, -0.2) is 79.9 Å². The standard InChI is InChI=1S/C23H36N4O2/c1-3-24-23(27-12-14-29-22(17-27)21-9-6-13-28-21)25-15-18(2)26-11-10-19-7-4-5-8-20(19)16-26/h4-5,7-8,18,21-22H,3,6,9-17H2,1-2H3,(H,24,25). The van der Waals surface area contributed by atoms with E-state index in [0.717, 1.165) is 77.7 Å². The summed E-state index contributed by atoms with van der Waals surface area (Å²) in [6.07, 6.45) is 3.80. The Bertz CT molecular complexity index is 689. The van der Waals surface area contributed by atoms with Crippen LogP contribution >= 0.6 is 0 Å². The van der Waals surface area contributed by atoms with E-state index in [4.69, 9.17) is 14.5 Å². The number of aliphatic imine (C=N–C) groups is 1. The highest BCUT2D eigenvalue weighted by molar-refractivity contribution is 5.80. The van der Waals surface area contributed by atoms with Crippen LogP contribution in [-0.2, 0) is 22.4 Å². The second-order valence-electron chi connectivity index (χ2n) is 8.44. The Morgan fingerprint density at radius 2 is 2.00 bits per heavy atom. The summed E-state index contributed by atoms with van der Waals surface area (Å²) in [6.45, 7) is 11.6. The SMILES string of the molecule is CCNC(=NCC(C)N1CCc2ccccc2C1)N1CCOC(C2CCCO2)C1. The zero-order valence-corrected chi connectivity index (χ0v) is 18.0. The van der Waals surface area contributed by atoms with Gasteiger partial charge in [-0.05, 0) is 44.2 Å². The maximum atomic E-state index is 6.02. The number of benzene rings is 1. The highest BCUT2D eigenvalue weighted by Crippen LogP contribution is 2.22. The van der Waals surface area contributed by atoms with E-state index in [1.54, 1.807) is 0 Å². The van der Waals surface area contributed by atoms with Crippen LogP contribution in [0.3, 0.4) is 0 Å². The van der Waals surface area contributed by atoms with Crippen LogP contribution in [0.4, 0.5) is 0 Å². The van der Waals surface area contributed by atoms with E-state index >= 15 is 0 Å². The van der Waals surface area contributed by atoms with Crippen molar-refractivity contribution in [3.05, 3.63) is 35.4 Å². The Balaban J connectivity index is 1.36. The fraction of sp³-hybridized carbons (Fsp3) is 0.696. The Morgan fingerprint density at radius 1 is 1.17 bits per heavy atom. The lowest BCUT2D eigenvalue weighted by Gasteiger charge is -2.37. The van der Waals surface area contributed by atoms with Crippen molar-refractivity contribution in [2.45, 2.75) is 57.9 Å². The average molecular weight is 401 g/mol. The highest BCUT2D eigenvalue weighted by atomic mass is 16.5. The fourth-order valence-electron chi connectivity index (χ4n) is 4.64. The number of nitrogens with one attached hydrogen (secondary N) is 1. The summed E-state index contributed by atoms with van der Waals surface area (Å²) in [5.74, 6) is 1.02. The molecule has 29 heavy (non-hydrogen) atoms. The maximum Gasteiger partial charge on any atom is 0.194 e. The molecule has 3 heterocycles. The topological polar surface area (TPSA) is 49.3 Å². The molecule has 3 unspecified atom stereocenters. The Morgan fingerprint density at radius 3 is 2.79 bits per heavy atom. The Hall–Kier alpha value is -1.63. The molecule has 0 radical (unpaired) electrons. The van der Waals surface area contributed by atoms with Gasteiger partial charge in [0.2, 0.25) is 0 Å². The predicted molar refractivity (Wildman–Crippen MR) is 116 cm³/mol. The van der Waals surface area contributed by atoms with Crippen molar-refractivity contribution in [1.82, 2.24) is 15.1 Å². The van der Waals surface area contributed by atoms with Crippen LogP contribution in [0.25, 0.3) is 0 Å². The molecule has 6 nitrogen and oxygen atoms in total. The maximum absolute atomic E-state index is 6.02. The van der Waals surface area contributed by atoms with Crippen molar-refractivity contribution in [3.63, 3.8) is 0 Å². The number of hydrogen-bond acceptors (Lipinski definition) is 4. The molecule has 1 aromatic rings. The summed E-state index contributed by atoms with van der Waals surface area (Å²) >= 11 is 0. The second-order valence-corrected chi connectivity index (χ2v) is 8.44. The monoisotopic (exact) mass is 400 g/mol. The Labute approximate surface area is 175 Å². The molecule has 6 heteroatoms. The summed E-state index contributed by atoms with van der Waals surface area (Å²) in [6, 6.07) is 9.25. The first-order valence-corrected chi connectivity index (χ1v) is 11.3. The molecule has 2 fully saturated rings. The molecule has 1 aromatic carbocycles. The van der Waals surface area contributed by atoms with Gasteiger partial charge in [-0.3, -0.25) is 9.89 Å². The third-order valence-corrected chi connectivity index (χ3v) is 6.40. The highest BCUT2D eigenvalue weighted by Gasteiger charge is 2.32. The molecule has 3 aliphatic heterocycles. The first-order valence-electron chi connectivity index (χ1n) is 11.3.